The first-order chi connectivity index (χ1) is 13.2. The van der Waals surface area contributed by atoms with Gasteiger partial charge in [-0.2, -0.15) is 0 Å². The van der Waals surface area contributed by atoms with Gasteiger partial charge in [0.15, 0.2) is 17.3 Å². The van der Waals surface area contributed by atoms with Gasteiger partial charge >= 0.3 is 0 Å². The third-order valence-electron chi connectivity index (χ3n) is 5.26. The highest BCUT2D eigenvalue weighted by molar-refractivity contribution is 5.96. The number of methoxy groups -OCH3 is 1. The smallest absolute Gasteiger partial charge is 0.163 e. The summed E-state index contributed by atoms with van der Waals surface area (Å²) in [6, 6.07) is 4.82. The molecular weight excluding hydrogens is 336 g/mol. The molecule has 3 nitrogen and oxygen atoms in total. The van der Waals surface area contributed by atoms with Crippen molar-refractivity contribution in [2.45, 2.75) is 103 Å². The molecule has 3 heteroatoms. The summed E-state index contributed by atoms with van der Waals surface area (Å²) in [5.74, 6) is 0.569. The fourth-order valence-electron chi connectivity index (χ4n) is 3.48. The van der Waals surface area contributed by atoms with Crippen molar-refractivity contribution < 1.29 is 14.6 Å². The summed E-state index contributed by atoms with van der Waals surface area (Å²) in [7, 11) is 1.50. The molecule has 0 unspecified atom stereocenters. The Labute approximate surface area is 166 Å². The van der Waals surface area contributed by atoms with Gasteiger partial charge in [0, 0.05) is 12.0 Å². The minimum atomic E-state index is 0.0746. The van der Waals surface area contributed by atoms with Gasteiger partial charge in [0.1, 0.15) is 0 Å². The van der Waals surface area contributed by atoms with Gasteiger partial charge in [-0.25, -0.2) is 0 Å². The third kappa shape index (κ3) is 11.0. The lowest BCUT2D eigenvalue weighted by molar-refractivity contribution is 0.0978. The van der Waals surface area contributed by atoms with Crippen LogP contribution in [-0.2, 0) is 0 Å². The van der Waals surface area contributed by atoms with E-state index in [0.29, 0.717) is 17.7 Å². The van der Waals surface area contributed by atoms with Crippen molar-refractivity contribution in [2.75, 3.05) is 7.11 Å². The Morgan fingerprint density at radius 1 is 0.815 bits per heavy atom. The summed E-state index contributed by atoms with van der Waals surface area (Å²) in [5.41, 5.74) is 0.624. The van der Waals surface area contributed by atoms with E-state index in [9.17, 15) is 9.90 Å². The Hall–Kier alpha value is -1.51. The number of phenols is 1. The molecule has 0 bridgehead atoms. The number of ether oxygens (including phenoxy) is 1. The van der Waals surface area contributed by atoms with E-state index in [1.807, 2.05) is 0 Å². The van der Waals surface area contributed by atoms with E-state index in [1.165, 1.54) is 90.2 Å². The second kappa shape index (κ2) is 15.5. The number of hydrogen-bond donors (Lipinski definition) is 1. The molecule has 0 spiro atoms. The summed E-state index contributed by atoms with van der Waals surface area (Å²) in [6.45, 7) is 2.27. The van der Waals surface area contributed by atoms with Crippen LogP contribution in [0.1, 0.15) is 114 Å². The Kier molecular flexibility index (Phi) is 13.5. The van der Waals surface area contributed by atoms with Crippen LogP contribution < -0.4 is 4.74 Å². The van der Waals surface area contributed by atoms with Gasteiger partial charge in [-0.05, 0) is 24.6 Å². The van der Waals surface area contributed by atoms with Crippen LogP contribution in [0.2, 0.25) is 0 Å². The lowest BCUT2D eigenvalue weighted by atomic mass is 10.0. The van der Waals surface area contributed by atoms with E-state index >= 15 is 0 Å². The standard InChI is InChI=1S/C24H40O3/c1-3-4-5-6-7-8-9-10-11-12-13-14-15-16-17-22(25)21-18-19-23(26)24(20-21)27-2/h18-20,26H,3-17H2,1-2H3. The molecule has 0 radical (unpaired) electrons. The van der Waals surface area contributed by atoms with Crippen molar-refractivity contribution in [1.82, 2.24) is 0 Å². The molecule has 0 aliphatic rings. The number of unbranched alkanes of at least 4 members (excludes halogenated alkanes) is 13. The lowest BCUT2D eigenvalue weighted by Crippen LogP contribution is -1.99. The maximum atomic E-state index is 12.2. The number of aromatic hydroxyl groups is 1. The van der Waals surface area contributed by atoms with Gasteiger partial charge < -0.3 is 9.84 Å². The molecule has 1 N–H and O–H groups in total. The molecule has 0 saturated heterocycles. The number of phenolic OH excluding ortho intramolecular Hbond substituents is 1. The zero-order valence-corrected chi connectivity index (χ0v) is 17.6. The van der Waals surface area contributed by atoms with Crippen molar-refractivity contribution in [3.05, 3.63) is 23.8 Å². The first-order valence-electron chi connectivity index (χ1n) is 11.1. The highest BCUT2D eigenvalue weighted by Gasteiger charge is 2.09. The number of carbonyl (C=O) groups is 1. The first kappa shape index (κ1) is 23.5. The summed E-state index contributed by atoms with van der Waals surface area (Å²) < 4.78 is 5.06. The maximum Gasteiger partial charge on any atom is 0.163 e. The van der Waals surface area contributed by atoms with Gasteiger partial charge in [0.05, 0.1) is 7.11 Å². The predicted molar refractivity (Wildman–Crippen MR) is 114 cm³/mol. The van der Waals surface area contributed by atoms with E-state index in [4.69, 9.17) is 4.74 Å². The highest BCUT2D eigenvalue weighted by atomic mass is 16.5. The zero-order valence-electron chi connectivity index (χ0n) is 17.6. The van der Waals surface area contributed by atoms with Gasteiger partial charge in [-0.3, -0.25) is 4.79 Å². The molecule has 0 saturated carbocycles. The number of carbonyl (C=O) groups excluding carboxylic acids is 1. The Morgan fingerprint density at radius 2 is 1.30 bits per heavy atom. The second-order valence-corrected chi connectivity index (χ2v) is 7.66. The van der Waals surface area contributed by atoms with E-state index < -0.39 is 0 Å². The number of ketones is 1. The summed E-state index contributed by atoms with van der Waals surface area (Å²) in [4.78, 5) is 12.2. The fraction of sp³-hybridized carbons (Fsp3) is 0.708. The molecular formula is C24H40O3. The van der Waals surface area contributed by atoms with Crippen LogP contribution in [0.3, 0.4) is 0 Å². The van der Waals surface area contributed by atoms with E-state index in [1.54, 1.807) is 12.1 Å². The molecule has 0 atom stereocenters. The molecule has 0 amide bonds. The molecule has 0 fully saturated rings. The molecule has 154 valence electrons. The quantitative estimate of drug-likeness (QED) is 0.227. The molecule has 1 rings (SSSR count). The summed E-state index contributed by atoms with van der Waals surface area (Å²) in [6.07, 6.45) is 19.0. The Balaban J connectivity index is 1.95. The topological polar surface area (TPSA) is 46.5 Å². The molecule has 0 heterocycles. The molecule has 1 aromatic rings. The van der Waals surface area contributed by atoms with Crippen LogP contribution in [-0.4, -0.2) is 18.0 Å². The third-order valence-corrected chi connectivity index (χ3v) is 5.26. The van der Waals surface area contributed by atoms with Crippen molar-refractivity contribution in [3.8, 4) is 11.5 Å². The maximum absolute atomic E-state index is 12.2. The molecule has 0 aliphatic carbocycles. The Morgan fingerprint density at radius 3 is 1.78 bits per heavy atom. The summed E-state index contributed by atoms with van der Waals surface area (Å²) in [5, 5.41) is 9.59. The molecule has 1 aromatic carbocycles. The average Bonchev–Trinajstić information content (AvgIpc) is 2.68. The van der Waals surface area contributed by atoms with Crippen LogP contribution in [0.15, 0.2) is 18.2 Å². The normalized spacial score (nSPS) is 10.9. The van der Waals surface area contributed by atoms with Crippen LogP contribution in [0, 0.1) is 0 Å². The fourth-order valence-corrected chi connectivity index (χ4v) is 3.48. The first-order valence-corrected chi connectivity index (χ1v) is 11.1. The predicted octanol–water partition coefficient (Wildman–Crippen LogP) is 7.45. The SMILES string of the molecule is CCCCCCCCCCCCCCCCC(=O)c1ccc(O)c(OC)c1. The number of hydrogen-bond acceptors (Lipinski definition) is 3. The van der Waals surface area contributed by atoms with Crippen molar-refractivity contribution in [1.29, 1.82) is 0 Å². The Bertz CT molecular complexity index is 510. The highest BCUT2D eigenvalue weighted by Crippen LogP contribution is 2.27. The minimum Gasteiger partial charge on any atom is -0.504 e. The van der Waals surface area contributed by atoms with E-state index in [0.717, 1.165) is 12.8 Å². The lowest BCUT2D eigenvalue weighted by Gasteiger charge is -2.06. The van der Waals surface area contributed by atoms with Crippen LogP contribution in [0.4, 0.5) is 0 Å². The van der Waals surface area contributed by atoms with E-state index in [-0.39, 0.29) is 11.5 Å². The summed E-state index contributed by atoms with van der Waals surface area (Å²) >= 11 is 0. The van der Waals surface area contributed by atoms with Crippen LogP contribution in [0.5, 0.6) is 11.5 Å². The monoisotopic (exact) mass is 376 g/mol. The van der Waals surface area contributed by atoms with Gasteiger partial charge in [-0.15, -0.1) is 0 Å². The largest absolute Gasteiger partial charge is 0.504 e. The van der Waals surface area contributed by atoms with Crippen LogP contribution >= 0.6 is 0 Å². The molecule has 0 aliphatic heterocycles. The number of benzene rings is 1. The average molecular weight is 377 g/mol. The van der Waals surface area contributed by atoms with Gasteiger partial charge in [-0.1, -0.05) is 90.4 Å². The van der Waals surface area contributed by atoms with Gasteiger partial charge in [0.25, 0.3) is 0 Å². The number of rotatable bonds is 17. The minimum absolute atomic E-state index is 0.0746. The van der Waals surface area contributed by atoms with Gasteiger partial charge in [0.2, 0.25) is 0 Å². The van der Waals surface area contributed by atoms with Crippen LogP contribution in [0.25, 0.3) is 0 Å². The van der Waals surface area contributed by atoms with Crippen molar-refractivity contribution in [3.63, 3.8) is 0 Å². The van der Waals surface area contributed by atoms with Crippen molar-refractivity contribution >= 4 is 5.78 Å². The second-order valence-electron chi connectivity index (χ2n) is 7.66. The van der Waals surface area contributed by atoms with E-state index in [2.05, 4.69) is 6.92 Å². The molecule has 27 heavy (non-hydrogen) atoms. The number of Topliss-reactive ketones (excluding diaryl/α,β-unsaturated/α-hetero) is 1. The molecule has 0 aromatic heterocycles. The zero-order chi connectivity index (χ0) is 19.7. The van der Waals surface area contributed by atoms with Crippen molar-refractivity contribution in [2.24, 2.45) is 0 Å².